The summed E-state index contributed by atoms with van der Waals surface area (Å²) in [6.07, 6.45) is 7.15. The molecule has 5 rings (SSSR count). The van der Waals surface area contributed by atoms with Crippen LogP contribution in [0.4, 0.5) is 4.39 Å². The van der Waals surface area contributed by atoms with E-state index >= 15 is 0 Å². The van der Waals surface area contributed by atoms with Gasteiger partial charge in [0.15, 0.2) is 0 Å². The molecule has 7 nitrogen and oxygen atoms in total. The lowest BCUT2D eigenvalue weighted by Gasteiger charge is -2.48. The van der Waals surface area contributed by atoms with Crippen LogP contribution in [-0.4, -0.2) is 45.0 Å². The summed E-state index contributed by atoms with van der Waals surface area (Å²) in [5.41, 5.74) is 2.44. The number of piperazine rings is 1. The Hall–Kier alpha value is -3.16. The van der Waals surface area contributed by atoms with Crippen LogP contribution >= 0.6 is 0 Å². The van der Waals surface area contributed by atoms with Gasteiger partial charge in [0.25, 0.3) is 0 Å². The summed E-state index contributed by atoms with van der Waals surface area (Å²) in [7, 11) is 0. The second-order valence-corrected chi connectivity index (χ2v) is 9.44. The van der Waals surface area contributed by atoms with Crippen molar-refractivity contribution in [3.8, 4) is 0 Å². The van der Waals surface area contributed by atoms with Gasteiger partial charge in [0, 0.05) is 25.5 Å². The number of carbonyl (C=O) groups excluding carboxylic acids is 2. The molecule has 3 aliphatic rings. The summed E-state index contributed by atoms with van der Waals surface area (Å²) in [5.74, 6) is 0.00956. The molecule has 2 aliphatic heterocycles. The van der Waals surface area contributed by atoms with E-state index in [1.165, 1.54) is 12.1 Å². The summed E-state index contributed by atoms with van der Waals surface area (Å²) < 4.78 is 15.3. The number of rotatable bonds is 3. The van der Waals surface area contributed by atoms with Crippen LogP contribution in [0.5, 0.6) is 0 Å². The van der Waals surface area contributed by atoms with E-state index in [2.05, 4.69) is 22.7 Å². The Morgan fingerprint density at radius 3 is 2.55 bits per heavy atom. The molecular weight excluding hydrogens is 397 g/mol. The first-order valence-corrected chi connectivity index (χ1v) is 10.6. The average molecular weight is 423 g/mol. The summed E-state index contributed by atoms with van der Waals surface area (Å²) in [4.78, 5) is 33.3. The monoisotopic (exact) mass is 423 g/mol. The molecule has 3 heterocycles. The van der Waals surface area contributed by atoms with Crippen LogP contribution in [0.25, 0.3) is 5.70 Å². The summed E-state index contributed by atoms with van der Waals surface area (Å²) in [6, 6.07) is 6.20. The summed E-state index contributed by atoms with van der Waals surface area (Å²) in [6.45, 7) is 6.51. The number of aromatic nitrogens is 2. The van der Waals surface area contributed by atoms with E-state index in [9.17, 15) is 14.0 Å². The number of benzene rings is 1. The molecule has 1 saturated heterocycles. The Bertz CT molecular complexity index is 1100. The van der Waals surface area contributed by atoms with Crippen LogP contribution in [0, 0.1) is 11.2 Å². The van der Waals surface area contributed by atoms with Crippen molar-refractivity contribution in [2.24, 2.45) is 5.41 Å². The van der Waals surface area contributed by atoms with Gasteiger partial charge in [-0.1, -0.05) is 6.92 Å². The van der Waals surface area contributed by atoms with Crippen molar-refractivity contribution in [2.45, 2.75) is 44.6 Å². The summed E-state index contributed by atoms with van der Waals surface area (Å²) >= 11 is 0. The molecule has 31 heavy (non-hydrogen) atoms. The van der Waals surface area contributed by atoms with E-state index in [4.69, 9.17) is 0 Å². The van der Waals surface area contributed by atoms with Gasteiger partial charge in [-0.3, -0.25) is 15.0 Å². The maximum Gasteiger partial charge on any atom is 0.245 e. The Labute approximate surface area is 180 Å². The predicted molar refractivity (Wildman–Crippen MR) is 114 cm³/mol. The summed E-state index contributed by atoms with van der Waals surface area (Å²) in [5, 5.41) is 2.86. The minimum atomic E-state index is -1.04. The topological polar surface area (TPSA) is 79.3 Å². The van der Waals surface area contributed by atoms with Crippen molar-refractivity contribution in [3.63, 3.8) is 0 Å². The number of hydrogen-bond acceptors (Lipinski definition) is 4. The molecule has 0 bridgehead atoms. The highest BCUT2D eigenvalue weighted by molar-refractivity contribution is 5.99. The normalized spacial score (nSPS) is 25.7. The van der Waals surface area contributed by atoms with Crippen molar-refractivity contribution in [1.82, 2.24) is 19.9 Å². The van der Waals surface area contributed by atoms with Gasteiger partial charge >= 0.3 is 0 Å². The third-order valence-corrected chi connectivity index (χ3v) is 7.14. The molecule has 1 unspecified atom stereocenters. The molecule has 2 fully saturated rings. The highest BCUT2D eigenvalue weighted by atomic mass is 19.1. The van der Waals surface area contributed by atoms with Crippen molar-refractivity contribution in [3.05, 3.63) is 59.9 Å². The van der Waals surface area contributed by atoms with E-state index < -0.39 is 11.0 Å². The lowest BCUT2D eigenvalue weighted by molar-refractivity contribution is -0.154. The smallest absolute Gasteiger partial charge is 0.245 e. The number of hydrogen-bond donors (Lipinski definition) is 2. The molecule has 1 saturated carbocycles. The Balaban J connectivity index is 1.70. The highest BCUT2D eigenvalue weighted by Crippen LogP contribution is 2.62. The van der Waals surface area contributed by atoms with E-state index in [1.54, 1.807) is 47.9 Å². The SMILES string of the molecule is CC1(C)C(=O)NCCN1C(=O)C1(C2(C)CC2)C=C(c2ccc(F)cc2)Nn2ccnc21. The standard InChI is InChI=1S/C23H26FN5O2/c1-21(2)19(30)26-10-12-28(21)20(31)23(22(3)8-9-22)14-17(15-4-6-16(24)7-5-15)27-29-13-11-25-18(23)29/h4-7,11,13-14,27H,8-10,12H2,1-3H3,(H,26,30). The molecule has 162 valence electrons. The Morgan fingerprint density at radius 2 is 1.87 bits per heavy atom. The number of halogens is 1. The molecule has 8 heteroatoms. The molecule has 2 amide bonds. The highest BCUT2D eigenvalue weighted by Gasteiger charge is 2.65. The molecule has 0 spiro atoms. The maximum absolute atomic E-state index is 14.4. The number of nitrogens with one attached hydrogen (secondary N) is 2. The van der Waals surface area contributed by atoms with Crippen LogP contribution in [0.1, 0.15) is 45.0 Å². The van der Waals surface area contributed by atoms with Gasteiger partial charge in [0.1, 0.15) is 22.6 Å². The van der Waals surface area contributed by atoms with Crippen LogP contribution < -0.4 is 10.7 Å². The van der Waals surface area contributed by atoms with E-state index in [-0.39, 0.29) is 23.0 Å². The molecule has 1 aliphatic carbocycles. The number of fused-ring (bicyclic) bond motifs is 1. The molecule has 0 radical (unpaired) electrons. The van der Waals surface area contributed by atoms with Crippen LogP contribution in [0.15, 0.2) is 42.7 Å². The second-order valence-electron chi connectivity index (χ2n) is 9.44. The number of carbonyl (C=O) groups is 2. The molecule has 1 aromatic heterocycles. The van der Waals surface area contributed by atoms with Crippen molar-refractivity contribution < 1.29 is 14.0 Å². The van der Waals surface area contributed by atoms with Crippen molar-refractivity contribution >= 4 is 17.5 Å². The molecule has 1 atom stereocenters. The molecule has 2 N–H and O–H groups in total. The Kier molecular flexibility index (Phi) is 4.10. The minimum Gasteiger partial charge on any atom is -0.352 e. The lowest BCUT2D eigenvalue weighted by Crippen LogP contribution is -2.67. The Morgan fingerprint density at radius 1 is 1.16 bits per heavy atom. The van der Waals surface area contributed by atoms with E-state index in [0.717, 1.165) is 18.4 Å². The van der Waals surface area contributed by atoms with Gasteiger partial charge < -0.3 is 10.2 Å². The van der Waals surface area contributed by atoms with Crippen molar-refractivity contribution in [1.29, 1.82) is 0 Å². The van der Waals surface area contributed by atoms with Gasteiger partial charge in [-0.05, 0) is 68.0 Å². The zero-order chi connectivity index (χ0) is 22.0. The van der Waals surface area contributed by atoms with Gasteiger partial charge in [0.05, 0.1) is 5.70 Å². The van der Waals surface area contributed by atoms with Crippen LogP contribution in [0.3, 0.4) is 0 Å². The maximum atomic E-state index is 14.4. The van der Waals surface area contributed by atoms with Gasteiger partial charge in [-0.25, -0.2) is 14.1 Å². The van der Waals surface area contributed by atoms with Crippen LogP contribution in [-0.2, 0) is 15.0 Å². The third kappa shape index (κ3) is 2.73. The fourth-order valence-electron chi connectivity index (χ4n) is 4.82. The van der Waals surface area contributed by atoms with Gasteiger partial charge in [-0.15, -0.1) is 0 Å². The zero-order valence-corrected chi connectivity index (χ0v) is 17.9. The fraction of sp³-hybridized carbons (Fsp3) is 0.435. The molecule has 2 aromatic rings. The first kappa shape index (κ1) is 19.8. The van der Waals surface area contributed by atoms with Crippen molar-refractivity contribution in [2.75, 3.05) is 18.5 Å². The first-order chi connectivity index (χ1) is 14.7. The van der Waals surface area contributed by atoms with Gasteiger partial charge in [0.2, 0.25) is 11.8 Å². The van der Waals surface area contributed by atoms with E-state index in [0.29, 0.717) is 24.6 Å². The zero-order valence-electron chi connectivity index (χ0n) is 17.9. The van der Waals surface area contributed by atoms with Gasteiger partial charge in [-0.2, -0.15) is 0 Å². The molecular formula is C23H26FN5O2. The fourth-order valence-corrected chi connectivity index (χ4v) is 4.82. The predicted octanol–water partition coefficient (Wildman–Crippen LogP) is 2.40. The average Bonchev–Trinajstić information content (AvgIpc) is 3.31. The second kappa shape index (κ2) is 6.42. The number of nitrogens with zero attached hydrogens (tertiary/aromatic N) is 3. The minimum absolute atomic E-state index is 0.124. The first-order valence-electron chi connectivity index (χ1n) is 10.6. The number of amides is 2. The molecule has 1 aromatic carbocycles. The lowest BCUT2D eigenvalue weighted by atomic mass is 9.69. The van der Waals surface area contributed by atoms with Crippen LogP contribution in [0.2, 0.25) is 0 Å². The largest absolute Gasteiger partial charge is 0.352 e. The third-order valence-electron chi connectivity index (χ3n) is 7.14. The van der Waals surface area contributed by atoms with E-state index in [1.807, 2.05) is 6.08 Å². The quantitative estimate of drug-likeness (QED) is 0.795. The number of imidazole rings is 1.